The highest BCUT2D eigenvalue weighted by atomic mass is 15.2. The Balaban J connectivity index is 1.65. The standard InChI is InChI=1S/C11H20N4/c1-15-7-6-14-11(9-15)3-5-13-10-2-4-12-8-10/h2,4,8,11-14H,3,5-7,9H2,1H3. The Morgan fingerprint density at radius 1 is 1.60 bits per heavy atom. The fourth-order valence-electron chi connectivity index (χ4n) is 2.01. The number of piperazine rings is 1. The molecule has 0 spiro atoms. The molecule has 1 unspecified atom stereocenters. The van der Waals surface area contributed by atoms with Crippen LogP contribution in [0.2, 0.25) is 0 Å². The Morgan fingerprint density at radius 2 is 2.53 bits per heavy atom. The van der Waals surface area contributed by atoms with Crippen LogP contribution in [-0.2, 0) is 0 Å². The van der Waals surface area contributed by atoms with Gasteiger partial charge >= 0.3 is 0 Å². The van der Waals surface area contributed by atoms with Crippen LogP contribution < -0.4 is 10.6 Å². The van der Waals surface area contributed by atoms with Gasteiger partial charge in [-0.05, 0) is 19.5 Å². The van der Waals surface area contributed by atoms with Crippen molar-refractivity contribution < 1.29 is 0 Å². The summed E-state index contributed by atoms with van der Waals surface area (Å²) < 4.78 is 0. The molecular weight excluding hydrogens is 188 g/mol. The molecule has 1 saturated heterocycles. The van der Waals surface area contributed by atoms with E-state index in [2.05, 4.69) is 33.6 Å². The normalized spacial score (nSPS) is 22.9. The van der Waals surface area contributed by atoms with Gasteiger partial charge in [-0.15, -0.1) is 0 Å². The van der Waals surface area contributed by atoms with E-state index in [0.717, 1.165) is 19.6 Å². The summed E-state index contributed by atoms with van der Waals surface area (Å²) >= 11 is 0. The average molecular weight is 208 g/mol. The van der Waals surface area contributed by atoms with Gasteiger partial charge in [0.05, 0.1) is 5.69 Å². The van der Waals surface area contributed by atoms with Crippen molar-refractivity contribution in [3.05, 3.63) is 18.5 Å². The lowest BCUT2D eigenvalue weighted by Crippen LogP contribution is -2.49. The van der Waals surface area contributed by atoms with Gasteiger partial charge in [0.25, 0.3) is 0 Å². The number of aromatic nitrogens is 1. The summed E-state index contributed by atoms with van der Waals surface area (Å²) in [5, 5.41) is 6.94. The van der Waals surface area contributed by atoms with Crippen LogP contribution in [-0.4, -0.2) is 49.2 Å². The number of nitrogens with one attached hydrogen (secondary N) is 3. The van der Waals surface area contributed by atoms with E-state index in [1.165, 1.54) is 18.7 Å². The van der Waals surface area contributed by atoms with Crippen molar-refractivity contribution in [2.75, 3.05) is 38.5 Å². The lowest BCUT2D eigenvalue weighted by atomic mass is 10.1. The summed E-state index contributed by atoms with van der Waals surface area (Å²) in [4.78, 5) is 5.43. The number of likely N-dealkylation sites (N-methyl/N-ethyl adjacent to an activating group) is 1. The molecule has 15 heavy (non-hydrogen) atoms. The molecule has 3 N–H and O–H groups in total. The third kappa shape index (κ3) is 3.25. The molecule has 1 atom stereocenters. The van der Waals surface area contributed by atoms with Gasteiger partial charge in [-0.3, -0.25) is 0 Å². The number of hydrogen-bond acceptors (Lipinski definition) is 3. The molecular formula is C11H20N4. The SMILES string of the molecule is CN1CCNC(CCNc2cc[nH]c2)C1. The Kier molecular flexibility index (Phi) is 3.64. The van der Waals surface area contributed by atoms with Crippen LogP contribution in [0.1, 0.15) is 6.42 Å². The molecule has 0 radical (unpaired) electrons. The maximum absolute atomic E-state index is 3.54. The number of H-pyrrole nitrogens is 1. The van der Waals surface area contributed by atoms with E-state index in [4.69, 9.17) is 0 Å². The Hall–Kier alpha value is -1.00. The molecule has 0 amide bonds. The highest BCUT2D eigenvalue weighted by molar-refractivity contribution is 5.39. The third-order valence-corrected chi connectivity index (χ3v) is 2.88. The second-order valence-electron chi connectivity index (χ2n) is 4.23. The van der Waals surface area contributed by atoms with Crippen LogP contribution in [0.5, 0.6) is 0 Å². The summed E-state index contributed by atoms with van der Waals surface area (Å²) in [5.41, 5.74) is 1.18. The average Bonchev–Trinajstić information content (AvgIpc) is 2.71. The van der Waals surface area contributed by atoms with Gasteiger partial charge in [-0.2, -0.15) is 0 Å². The van der Waals surface area contributed by atoms with Gasteiger partial charge in [0, 0.05) is 44.6 Å². The van der Waals surface area contributed by atoms with Gasteiger partial charge < -0.3 is 20.5 Å². The van der Waals surface area contributed by atoms with Gasteiger partial charge in [0.2, 0.25) is 0 Å². The number of nitrogens with zero attached hydrogens (tertiary/aromatic N) is 1. The van der Waals surface area contributed by atoms with E-state index in [0.29, 0.717) is 6.04 Å². The van der Waals surface area contributed by atoms with Crippen molar-refractivity contribution in [2.24, 2.45) is 0 Å². The van der Waals surface area contributed by atoms with Crippen LogP contribution >= 0.6 is 0 Å². The largest absolute Gasteiger partial charge is 0.384 e. The molecule has 1 aliphatic rings. The first-order valence-corrected chi connectivity index (χ1v) is 5.63. The predicted molar refractivity (Wildman–Crippen MR) is 63.2 cm³/mol. The van der Waals surface area contributed by atoms with E-state index in [9.17, 15) is 0 Å². The minimum Gasteiger partial charge on any atom is -0.384 e. The summed E-state index contributed by atoms with van der Waals surface area (Å²) in [6.07, 6.45) is 5.10. The zero-order chi connectivity index (χ0) is 10.5. The van der Waals surface area contributed by atoms with E-state index in [-0.39, 0.29) is 0 Å². The molecule has 84 valence electrons. The smallest absolute Gasteiger partial charge is 0.0517 e. The monoisotopic (exact) mass is 208 g/mol. The molecule has 2 rings (SSSR count). The summed E-state index contributed by atoms with van der Waals surface area (Å²) in [7, 11) is 2.19. The minimum absolute atomic E-state index is 0.634. The number of rotatable bonds is 4. The second kappa shape index (κ2) is 5.19. The molecule has 4 nitrogen and oxygen atoms in total. The number of anilines is 1. The summed E-state index contributed by atoms with van der Waals surface area (Å²) in [6, 6.07) is 2.69. The topological polar surface area (TPSA) is 43.1 Å². The maximum Gasteiger partial charge on any atom is 0.0517 e. The zero-order valence-electron chi connectivity index (χ0n) is 9.29. The lowest BCUT2D eigenvalue weighted by molar-refractivity contribution is 0.234. The van der Waals surface area contributed by atoms with Crippen LogP contribution in [0.25, 0.3) is 0 Å². The van der Waals surface area contributed by atoms with Crippen molar-refractivity contribution in [3.63, 3.8) is 0 Å². The van der Waals surface area contributed by atoms with Gasteiger partial charge in [-0.1, -0.05) is 0 Å². The summed E-state index contributed by atoms with van der Waals surface area (Å²) in [6.45, 7) is 4.48. The zero-order valence-corrected chi connectivity index (χ0v) is 9.29. The first kappa shape index (κ1) is 10.5. The molecule has 0 bridgehead atoms. The van der Waals surface area contributed by atoms with Crippen LogP contribution in [0.15, 0.2) is 18.5 Å². The second-order valence-corrected chi connectivity index (χ2v) is 4.23. The fraction of sp³-hybridized carbons (Fsp3) is 0.636. The first-order valence-electron chi connectivity index (χ1n) is 5.63. The van der Waals surface area contributed by atoms with Gasteiger partial charge in [-0.25, -0.2) is 0 Å². The molecule has 4 heteroatoms. The third-order valence-electron chi connectivity index (χ3n) is 2.88. The molecule has 0 aliphatic carbocycles. The van der Waals surface area contributed by atoms with Crippen LogP contribution in [0.4, 0.5) is 5.69 Å². The predicted octanol–water partition coefficient (Wildman–Crippen LogP) is 0.720. The number of hydrogen-bond donors (Lipinski definition) is 3. The van der Waals surface area contributed by atoms with E-state index < -0.39 is 0 Å². The van der Waals surface area contributed by atoms with Crippen molar-refractivity contribution in [1.82, 2.24) is 15.2 Å². The molecule has 1 aliphatic heterocycles. The molecule has 1 aromatic heterocycles. The van der Waals surface area contributed by atoms with Crippen molar-refractivity contribution in [3.8, 4) is 0 Å². The maximum atomic E-state index is 3.54. The van der Waals surface area contributed by atoms with Crippen molar-refractivity contribution in [2.45, 2.75) is 12.5 Å². The lowest BCUT2D eigenvalue weighted by Gasteiger charge is -2.30. The quantitative estimate of drug-likeness (QED) is 0.683. The van der Waals surface area contributed by atoms with Gasteiger partial charge in [0.15, 0.2) is 0 Å². The molecule has 0 saturated carbocycles. The van der Waals surface area contributed by atoms with E-state index in [1.54, 1.807) is 0 Å². The molecule has 0 aromatic carbocycles. The molecule has 1 fully saturated rings. The molecule has 1 aromatic rings. The van der Waals surface area contributed by atoms with Crippen molar-refractivity contribution >= 4 is 5.69 Å². The highest BCUT2D eigenvalue weighted by Crippen LogP contribution is 2.05. The minimum atomic E-state index is 0.634. The highest BCUT2D eigenvalue weighted by Gasteiger charge is 2.15. The number of aromatic amines is 1. The first-order chi connectivity index (χ1) is 7.34. The van der Waals surface area contributed by atoms with E-state index >= 15 is 0 Å². The fourth-order valence-corrected chi connectivity index (χ4v) is 2.01. The van der Waals surface area contributed by atoms with Crippen LogP contribution in [0, 0.1) is 0 Å². The van der Waals surface area contributed by atoms with Crippen molar-refractivity contribution in [1.29, 1.82) is 0 Å². The van der Waals surface area contributed by atoms with Gasteiger partial charge in [0.1, 0.15) is 0 Å². The molecule has 2 heterocycles. The van der Waals surface area contributed by atoms with Crippen LogP contribution in [0.3, 0.4) is 0 Å². The Bertz CT molecular complexity index is 270. The Morgan fingerprint density at radius 3 is 3.27 bits per heavy atom. The van der Waals surface area contributed by atoms with E-state index in [1.807, 2.05) is 12.4 Å². The Labute approximate surface area is 91.0 Å². The summed E-state index contributed by atoms with van der Waals surface area (Å²) in [5.74, 6) is 0.